The van der Waals surface area contributed by atoms with Crippen LogP contribution in [0.4, 0.5) is 5.13 Å². The second-order valence-corrected chi connectivity index (χ2v) is 11.3. The van der Waals surface area contributed by atoms with E-state index in [9.17, 15) is 19.5 Å². The van der Waals surface area contributed by atoms with Gasteiger partial charge in [-0.3, -0.25) is 19.7 Å². The molecule has 0 fully saturated rings. The smallest absolute Gasteiger partial charge is 0.252 e. The Bertz CT molecular complexity index is 1420. The molecule has 0 saturated carbocycles. The van der Waals surface area contributed by atoms with Crippen LogP contribution in [0.1, 0.15) is 15.9 Å². The fourth-order valence-electron chi connectivity index (χ4n) is 2.74. The minimum Gasteiger partial charge on any atom is -0.506 e. The van der Waals surface area contributed by atoms with Gasteiger partial charge < -0.3 is 15.8 Å². The molecule has 0 unspecified atom stereocenters. The average Bonchev–Trinajstić information content (AvgIpc) is 3.36. The first kappa shape index (κ1) is 23.6. The summed E-state index contributed by atoms with van der Waals surface area (Å²) in [6, 6.07) is 8.53. The van der Waals surface area contributed by atoms with Crippen LogP contribution in [0.5, 0.6) is 5.75 Å². The molecule has 0 radical (unpaired) electrons. The summed E-state index contributed by atoms with van der Waals surface area (Å²) in [5, 5.41) is 21.7. The minimum absolute atomic E-state index is 0.0419. The van der Waals surface area contributed by atoms with Crippen molar-refractivity contribution in [2.24, 2.45) is 5.73 Å². The highest BCUT2D eigenvalue weighted by molar-refractivity contribution is 8.02. The third kappa shape index (κ3) is 5.50. The van der Waals surface area contributed by atoms with Gasteiger partial charge in [0, 0.05) is 16.8 Å². The first-order valence-corrected chi connectivity index (χ1v) is 13.1. The maximum atomic E-state index is 12.4. The number of anilines is 1. The van der Waals surface area contributed by atoms with Crippen LogP contribution in [0.25, 0.3) is 10.2 Å². The third-order valence-electron chi connectivity index (χ3n) is 4.17. The van der Waals surface area contributed by atoms with Crippen molar-refractivity contribution < 1.29 is 14.7 Å². The Morgan fingerprint density at radius 2 is 2.00 bits per heavy atom. The number of carbonyl (C=O) groups excluding carboxylic acids is 2. The molecule has 0 atom stereocenters. The molecule has 1 aromatic carbocycles. The number of benzene rings is 1. The van der Waals surface area contributed by atoms with Crippen molar-refractivity contribution in [1.29, 1.82) is 0 Å². The molecule has 0 aliphatic rings. The molecule has 3 aromatic heterocycles. The Labute approximate surface area is 207 Å². The number of carbonyl (C=O) groups is 2. The number of hydrogen-bond acceptors (Lipinski definition) is 10. The van der Waals surface area contributed by atoms with Gasteiger partial charge in [0.25, 0.3) is 11.5 Å². The summed E-state index contributed by atoms with van der Waals surface area (Å²) >= 11 is 11.0. The number of aromatic nitrogens is 3. The van der Waals surface area contributed by atoms with E-state index in [4.69, 9.17) is 17.3 Å². The summed E-state index contributed by atoms with van der Waals surface area (Å²) < 4.78 is 1.41. The van der Waals surface area contributed by atoms with Crippen LogP contribution >= 0.6 is 57.8 Å². The number of thiophene rings is 1. The standard InChI is InChI=1S/C19H14ClN5O4S4/c20-9-4-2-1-3-8(9)6-31-19-25-24-18(33-19)23-12(28)7-30-17-13(16(21)29)14-15(32-17)10(26)5-11(27)22-14/h1-5H,6-7H2,(H2,21,29)(H2,22,26,27)(H,23,24,28). The molecular formula is C19H14ClN5O4S4. The van der Waals surface area contributed by atoms with E-state index in [1.165, 1.54) is 23.1 Å². The largest absolute Gasteiger partial charge is 0.506 e. The van der Waals surface area contributed by atoms with E-state index in [0.29, 0.717) is 29.2 Å². The Hall–Kier alpha value is -2.58. The second-order valence-electron chi connectivity index (χ2n) is 6.44. The summed E-state index contributed by atoms with van der Waals surface area (Å²) in [6.07, 6.45) is 0. The summed E-state index contributed by atoms with van der Waals surface area (Å²) in [5.74, 6) is -0.804. The van der Waals surface area contributed by atoms with Crippen LogP contribution in [0, 0.1) is 0 Å². The minimum atomic E-state index is -0.769. The number of amides is 2. The molecule has 3 heterocycles. The van der Waals surface area contributed by atoms with Gasteiger partial charge in [-0.2, -0.15) is 0 Å². The third-order valence-corrected chi connectivity index (χ3v) is 9.04. The summed E-state index contributed by atoms with van der Waals surface area (Å²) in [4.78, 5) is 38.5. The van der Waals surface area contributed by atoms with E-state index in [1.807, 2.05) is 24.3 Å². The number of rotatable bonds is 8. The van der Waals surface area contributed by atoms with E-state index < -0.39 is 11.5 Å². The maximum Gasteiger partial charge on any atom is 0.252 e. The summed E-state index contributed by atoms with van der Waals surface area (Å²) in [7, 11) is 0. The van der Waals surface area contributed by atoms with Crippen LogP contribution in [0.3, 0.4) is 0 Å². The number of H-pyrrole nitrogens is 1. The first-order valence-electron chi connectivity index (χ1n) is 9.12. The molecule has 14 heteroatoms. The van der Waals surface area contributed by atoms with Crippen molar-refractivity contribution in [2.75, 3.05) is 11.1 Å². The normalized spacial score (nSPS) is 11.1. The van der Waals surface area contributed by atoms with Crippen LogP contribution < -0.4 is 16.6 Å². The van der Waals surface area contributed by atoms with E-state index in [2.05, 4.69) is 20.5 Å². The van der Waals surface area contributed by atoms with Gasteiger partial charge in [-0.15, -0.1) is 33.3 Å². The van der Waals surface area contributed by atoms with Crippen molar-refractivity contribution in [3.63, 3.8) is 0 Å². The zero-order valence-corrected chi connectivity index (χ0v) is 20.5. The number of fused-ring (bicyclic) bond motifs is 1. The van der Waals surface area contributed by atoms with E-state index in [1.54, 1.807) is 0 Å². The average molecular weight is 540 g/mol. The number of nitrogens with two attached hydrogens (primary N) is 1. The number of nitrogens with zero attached hydrogens (tertiary/aromatic N) is 2. The van der Waals surface area contributed by atoms with Crippen LogP contribution in [-0.2, 0) is 10.5 Å². The number of nitrogens with one attached hydrogen (secondary N) is 2. The molecular weight excluding hydrogens is 526 g/mol. The van der Waals surface area contributed by atoms with Crippen LogP contribution in [-0.4, -0.2) is 37.9 Å². The maximum absolute atomic E-state index is 12.4. The fourth-order valence-corrected chi connectivity index (χ4v) is 7.05. The van der Waals surface area contributed by atoms with Gasteiger partial charge in [0.15, 0.2) is 4.34 Å². The number of pyridine rings is 1. The van der Waals surface area contributed by atoms with E-state index in [-0.39, 0.29) is 28.5 Å². The van der Waals surface area contributed by atoms with Crippen LogP contribution in [0.15, 0.2) is 43.7 Å². The van der Waals surface area contributed by atoms with Gasteiger partial charge in [0.2, 0.25) is 11.0 Å². The molecule has 0 saturated heterocycles. The summed E-state index contributed by atoms with van der Waals surface area (Å²) in [5.41, 5.74) is 6.10. The lowest BCUT2D eigenvalue weighted by molar-refractivity contribution is -0.113. The van der Waals surface area contributed by atoms with Crippen LogP contribution in [0.2, 0.25) is 5.02 Å². The number of aromatic amines is 1. The highest BCUT2D eigenvalue weighted by atomic mass is 35.5. The van der Waals surface area contributed by atoms with Crippen molar-refractivity contribution >= 4 is 85.0 Å². The lowest BCUT2D eigenvalue weighted by Crippen LogP contribution is -2.15. The number of aromatic hydroxyl groups is 1. The predicted molar refractivity (Wildman–Crippen MR) is 133 cm³/mol. The summed E-state index contributed by atoms with van der Waals surface area (Å²) in [6.45, 7) is 0. The zero-order chi connectivity index (χ0) is 23.5. The van der Waals surface area contributed by atoms with Crippen molar-refractivity contribution in [3.05, 3.63) is 56.8 Å². The first-order chi connectivity index (χ1) is 15.8. The number of hydrogen-bond donors (Lipinski definition) is 4. The van der Waals surface area contributed by atoms with Gasteiger partial charge in [0.1, 0.15) is 5.75 Å². The quantitative estimate of drug-likeness (QED) is 0.194. The molecule has 170 valence electrons. The van der Waals surface area contributed by atoms with E-state index in [0.717, 1.165) is 34.7 Å². The molecule has 0 bridgehead atoms. The highest BCUT2D eigenvalue weighted by Crippen LogP contribution is 2.40. The number of thioether (sulfide) groups is 2. The van der Waals surface area contributed by atoms with Gasteiger partial charge in [0.05, 0.1) is 25.7 Å². The molecule has 5 N–H and O–H groups in total. The molecule has 4 aromatic rings. The van der Waals surface area contributed by atoms with Gasteiger partial charge in [-0.25, -0.2) is 0 Å². The molecule has 9 nitrogen and oxygen atoms in total. The monoisotopic (exact) mass is 539 g/mol. The van der Waals surface area contributed by atoms with Crippen molar-refractivity contribution in [3.8, 4) is 5.75 Å². The molecule has 2 amide bonds. The lowest BCUT2D eigenvalue weighted by atomic mass is 10.2. The van der Waals surface area contributed by atoms with Crippen molar-refractivity contribution in [2.45, 2.75) is 14.3 Å². The Morgan fingerprint density at radius 1 is 1.21 bits per heavy atom. The van der Waals surface area contributed by atoms with Gasteiger partial charge in [-0.1, -0.05) is 52.9 Å². The molecule has 4 rings (SSSR count). The Kier molecular flexibility index (Phi) is 7.24. The van der Waals surface area contributed by atoms with Crippen molar-refractivity contribution in [1.82, 2.24) is 15.2 Å². The predicted octanol–water partition coefficient (Wildman–Crippen LogP) is 3.92. The fraction of sp³-hybridized carbons (Fsp3) is 0.105. The SMILES string of the molecule is NC(=O)c1c(SCC(=O)Nc2nnc(SCc3ccccc3Cl)s2)sc2c(O)cc(=O)[nH]c12. The molecule has 0 aliphatic heterocycles. The van der Waals surface area contributed by atoms with E-state index >= 15 is 0 Å². The molecule has 0 aliphatic carbocycles. The van der Waals surface area contributed by atoms with Gasteiger partial charge in [-0.05, 0) is 11.6 Å². The second kappa shape index (κ2) is 10.1. The lowest BCUT2D eigenvalue weighted by Gasteiger charge is -2.02. The number of primary amides is 1. The number of halogens is 1. The Balaban J connectivity index is 1.39. The molecule has 0 spiro atoms. The highest BCUT2D eigenvalue weighted by Gasteiger charge is 2.21. The Morgan fingerprint density at radius 3 is 2.76 bits per heavy atom. The zero-order valence-electron chi connectivity index (χ0n) is 16.5. The van der Waals surface area contributed by atoms with Gasteiger partial charge >= 0.3 is 0 Å². The topological polar surface area (TPSA) is 151 Å². The molecule has 33 heavy (non-hydrogen) atoms.